The standard InChI is InChI=1S/C28H38F6O3.C14H20F6O.C4H10.6CH4/c1-14(2)21-5-15-4-16(22(21)6-15)10-26(27(29,30)31,28(32,33)34)36-13-23(35)37-24(3)19-8-17-7-18-9-20(24)12-25(17,18)11-19;1-7(2)10-4-8-3-9(11(10)5-8)6-12(21,13(15,16)17)14(18,19)20;1-4(2)3;;;;;;/h14-22H,4-13H2,1-3H3;7-11,21H,3-6H2,1-2H3;4H,1-3H3;6*1H4. The van der Waals surface area contributed by atoms with E-state index in [-0.39, 0.29) is 104 Å². The highest BCUT2D eigenvalue weighted by atomic mass is 19.4. The Morgan fingerprint density at radius 2 is 0.897 bits per heavy atom. The summed E-state index contributed by atoms with van der Waals surface area (Å²) in [6.45, 7) is 14.8. The Balaban J connectivity index is 0.00000125. The third kappa shape index (κ3) is 11.7. The van der Waals surface area contributed by atoms with Gasteiger partial charge in [-0.1, -0.05) is 93.0 Å². The van der Waals surface area contributed by atoms with Gasteiger partial charge in [-0.3, -0.25) is 0 Å². The summed E-state index contributed by atoms with van der Waals surface area (Å²) in [5.74, 6) is 0.521. The molecule has 0 saturated heterocycles. The van der Waals surface area contributed by atoms with Crippen molar-refractivity contribution < 1.29 is 72.1 Å². The molecule has 8 aliphatic carbocycles. The molecule has 0 heterocycles. The lowest BCUT2D eigenvalue weighted by Crippen LogP contribution is -2.61. The molecule has 408 valence electrons. The van der Waals surface area contributed by atoms with Gasteiger partial charge in [-0.05, 0) is 185 Å². The Labute approximate surface area is 403 Å². The van der Waals surface area contributed by atoms with Crippen LogP contribution in [0.2, 0.25) is 0 Å². The lowest BCUT2D eigenvalue weighted by Gasteiger charge is -2.50. The predicted molar refractivity (Wildman–Crippen MR) is 247 cm³/mol. The summed E-state index contributed by atoms with van der Waals surface area (Å²) < 4.78 is 173. The zero-order valence-corrected chi connectivity index (χ0v) is 37.3. The second-order valence-electron chi connectivity index (χ2n) is 22.7. The molecule has 16 heteroatoms. The van der Waals surface area contributed by atoms with Gasteiger partial charge >= 0.3 is 30.7 Å². The fourth-order valence-electron chi connectivity index (χ4n) is 14.9. The third-order valence-corrected chi connectivity index (χ3v) is 17.7. The summed E-state index contributed by atoms with van der Waals surface area (Å²) in [7, 11) is 0. The number of rotatable bonds is 10. The molecule has 4 nitrogen and oxygen atoms in total. The van der Waals surface area contributed by atoms with E-state index in [4.69, 9.17) is 9.47 Å². The number of aliphatic hydroxyl groups is 1. The first kappa shape index (κ1) is 66.6. The second-order valence-corrected chi connectivity index (χ2v) is 22.7. The van der Waals surface area contributed by atoms with E-state index in [9.17, 15) is 62.6 Å². The molecular weight excluding hydrogens is 917 g/mol. The van der Waals surface area contributed by atoms with Gasteiger partial charge in [0, 0.05) is 0 Å². The van der Waals surface area contributed by atoms with E-state index in [0.29, 0.717) is 42.9 Å². The van der Waals surface area contributed by atoms with Crippen LogP contribution >= 0.6 is 0 Å². The van der Waals surface area contributed by atoms with E-state index >= 15 is 0 Å². The van der Waals surface area contributed by atoms with Gasteiger partial charge in [-0.25, -0.2) is 4.79 Å². The molecule has 0 aliphatic heterocycles. The minimum absolute atomic E-state index is 0. The molecular formula is C52H92F12O4. The fourth-order valence-corrected chi connectivity index (χ4v) is 14.9. The summed E-state index contributed by atoms with van der Waals surface area (Å²) >= 11 is 0. The molecule has 0 aromatic carbocycles. The topological polar surface area (TPSA) is 55.8 Å². The van der Waals surface area contributed by atoms with Gasteiger partial charge in [0.1, 0.15) is 12.2 Å². The SMILES string of the molecule is C.C.C.C.C.C.CC(C)C.CC(C)C1CC2CC(CC(O)(C(F)(F)F)C(F)(F)F)C1C2.CC(C)C1CC2CC(CC(OCC(=O)OC3(C)C4CC5CC6CC3CC56C4)(C(F)(F)F)C(F)(F)F)C1C2. The molecule has 8 saturated carbocycles. The first-order valence-electron chi connectivity index (χ1n) is 23.0. The highest BCUT2D eigenvalue weighted by Crippen LogP contribution is 2.78. The molecule has 1 N–H and O–H groups in total. The maximum absolute atomic E-state index is 14.3. The van der Waals surface area contributed by atoms with Crippen LogP contribution in [0.3, 0.4) is 0 Å². The molecule has 0 aromatic rings. The Kier molecular flexibility index (Phi) is 21.9. The third-order valence-electron chi connectivity index (χ3n) is 17.7. The number of hydrogen-bond donors (Lipinski definition) is 1. The molecule has 7 bridgehead atoms. The second kappa shape index (κ2) is 22.3. The Bertz CT molecular complexity index is 1530. The molecule has 0 amide bonds. The summed E-state index contributed by atoms with van der Waals surface area (Å²) in [6, 6.07) is 0. The van der Waals surface area contributed by atoms with E-state index in [2.05, 4.69) is 20.8 Å². The van der Waals surface area contributed by atoms with Crippen LogP contribution in [0.5, 0.6) is 0 Å². The summed E-state index contributed by atoms with van der Waals surface area (Å²) in [4.78, 5) is 12.9. The average Bonchev–Trinajstić information content (AvgIpc) is 3.95. The van der Waals surface area contributed by atoms with Crippen molar-refractivity contribution in [1.82, 2.24) is 0 Å². The molecule has 1 spiro atoms. The maximum Gasteiger partial charge on any atom is 0.426 e. The van der Waals surface area contributed by atoms with Crippen molar-refractivity contribution in [2.24, 2.45) is 94.2 Å². The highest BCUT2D eigenvalue weighted by molar-refractivity contribution is 5.71. The number of fused-ring (bicyclic) bond motifs is 6. The normalized spacial score (nSPS) is 36.1. The van der Waals surface area contributed by atoms with Crippen LogP contribution in [0.1, 0.15) is 183 Å². The zero-order valence-electron chi connectivity index (χ0n) is 37.3. The number of halogens is 12. The summed E-state index contributed by atoms with van der Waals surface area (Å²) in [5, 5.41) is 9.35. The van der Waals surface area contributed by atoms with Crippen LogP contribution < -0.4 is 0 Å². The smallest absolute Gasteiger partial charge is 0.426 e. The summed E-state index contributed by atoms with van der Waals surface area (Å²) in [6.07, 6.45) is -16.5. The molecule has 8 rings (SSSR count). The quantitative estimate of drug-likeness (QED) is 0.175. The predicted octanol–water partition coefficient (Wildman–Crippen LogP) is 17.4. The maximum atomic E-state index is 14.3. The van der Waals surface area contributed by atoms with Crippen LogP contribution in [-0.2, 0) is 14.3 Å². The van der Waals surface area contributed by atoms with Gasteiger partial charge in [0.05, 0.1) is 0 Å². The zero-order chi connectivity index (χ0) is 46.6. The van der Waals surface area contributed by atoms with Crippen molar-refractivity contribution in [2.45, 2.75) is 225 Å². The van der Waals surface area contributed by atoms with Crippen molar-refractivity contribution in [2.75, 3.05) is 6.61 Å². The summed E-state index contributed by atoms with van der Waals surface area (Å²) in [5.41, 5.74) is -9.46. The molecule has 8 fully saturated rings. The fraction of sp³-hybridized carbons (Fsp3) is 0.981. The Hall–Kier alpha value is -1.45. The first-order valence-corrected chi connectivity index (χ1v) is 23.0. The van der Waals surface area contributed by atoms with E-state index in [0.717, 1.165) is 44.4 Å². The van der Waals surface area contributed by atoms with Gasteiger partial charge in [0.25, 0.3) is 11.2 Å². The van der Waals surface area contributed by atoms with Crippen molar-refractivity contribution in [3.63, 3.8) is 0 Å². The van der Waals surface area contributed by atoms with Gasteiger partial charge < -0.3 is 14.6 Å². The Morgan fingerprint density at radius 3 is 1.22 bits per heavy atom. The average molecular weight is 1010 g/mol. The van der Waals surface area contributed by atoms with Crippen molar-refractivity contribution in [1.29, 1.82) is 0 Å². The molecule has 0 aromatic heterocycles. The van der Waals surface area contributed by atoms with Crippen LogP contribution in [0.15, 0.2) is 0 Å². The van der Waals surface area contributed by atoms with Crippen LogP contribution in [0.25, 0.3) is 0 Å². The van der Waals surface area contributed by atoms with Crippen LogP contribution in [-0.4, -0.2) is 59.2 Å². The van der Waals surface area contributed by atoms with Crippen LogP contribution in [0.4, 0.5) is 52.7 Å². The molecule has 68 heavy (non-hydrogen) atoms. The molecule has 12 atom stereocenters. The number of esters is 1. The lowest BCUT2D eigenvalue weighted by molar-refractivity contribution is -0.385. The van der Waals surface area contributed by atoms with Crippen molar-refractivity contribution in [3.05, 3.63) is 0 Å². The van der Waals surface area contributed by atoms with Crippen molar-refractivity contribution >= 4 is 5.97 Å². The molecule has 12 unspecified atom stereocenters. The number of hydrogen-bond acceptors (Lipinski definition) is 4. The van der Waals surface area contributed by atoms with E-state index in [1.54, 1.807) is 0 Å². The number of ether oxygens (including phenoxy) is 2. The van der Waals surface area contributed by atoms with Gasteiger partial charge in [-0.15, -0.1) is 0 Å². The van der Waals surface area contributed by atoms with E-state index < -0.39 is 78.8 Å². The lowest BCUT2D eigenvalue weighted by atomic mass is 9.55. The van der Waals surface area contributed by atoms with Gasteiger partial charge in [-0.2, -0.15) is 52.7 Å². The monoisotopic (exact) mass is 1010 g/mol. The highest BCUT2D eigenvalue weighted by Gasteiger charge is 2.75. The Morgan fingerprint density at radius 1 is 0.544 bits per heavy atom. The van der Waals surface area contributed by atoms with Crippen molar-refractivity contribution in [3.8, 4) is 0 Å². The number of carbonyl (C=O) groups is 1. The van der Waals surface area contributed by atoms with Gasteiger partial charge in [0.2, 0.25) is 0 Å². The van der Waals surface area contributed by atoms with Gasteiger partial charge in [0.15, 0.2) is 0 Å². The first-order chi connectivity index (χ1) is 28.2. The van der Waals surface area contributed by atoms with E-state index in [1.807, 2.05) is 34.6 Å². The number of alkyl halides is 12. The molecule has 0 radical (unpaired) electrons. The van der Waals surface area contributed by atoms with E-state index in [1.165, 1.54) is 6.42 Å². The molecule has 8 aliphatic rings. The minimum Gasteiger partial charge on any atom is -0.457 e. The van der Waals surface area contributed by atoms with Crippen LogP contribution in [0, 0.1) is 94.2 Å². The number of carbonyl (C=O) groups excluding carboxylic acids is 1. The largest absolute Gasteiger partial charge is 0.457 e. The minimum atomic E-state index is -5.70.